The summed E-state index contributed by atoms with van der Waals surface area (Å²) in [7, 11) is 0. The van der Waals surface area contributed by atoms with E-state index >= 15 is 0 Å². The summed E-state index contributed by atoms with van der Waals surface area (Å²) in [5.74, 6) is -0.391. The zero-order valence-electron chi connectivity index (χ0n) is 11.2. The highest BCUT2D eigenvalue weighted by Crippen LogP contribution is 2.20. The molecule has 0 saturated carbocycles. The zero-order chi connectivity index (χ0) is 14.3. The van der Waals surface area contributed by atoms with Crippen molar-refractivity contribution in [3.05, 3.63) is 29.6 Å². The van der Waals surface area contributed by atoms with Gasteiger partial charge >= 0.3 is 0 Å². The van der Waals surface area contributed by atoms with Gasteiger partial charge in [-0.15, -0.1) is 0 Å². The number of benzene rings is 1. The van der Waals surface area contributed by atoms with Gasteiger partial charge in [0.05, 0.1) is 4.90 Å². The summed E-state index contributed by atoms with van der Waals surface area (Å²) in [5, 5.41) is 0. The molecule has 1 aromatic rings. The summed E-state index contributed by atoms with van der Waals surface area (Å²) in [4.78, 5) is 22.5. The topological polar surface area (TPSA) is 46.2 Å². The predicted molar refractivity (Wildman–Crippen MR) is 74.3 cm³/mol. The summed E-state index contributed by atoms with van der Waals surface area (Å²) in [6.07, 6.45) is 2.44. The number of aryl methyl sites for hydroxylation is 1. The quantitative estimate of drug-likeness (QED) is 0.781. The minimum atomic E-state index is -0.376. The van der Waals surface area contributed by atoms with E-state index in [2.05, 4.69) is 4.72 Å². The monoisotopic (exact) mass is 283 g/mol. The average molecular weight is 283 g/mol. The van der Waals surface area contributed by atoms with Crippen molar-refractivity contribution in [2.45, 2.75) is 44.4 Å². The Labute approximate surface area is 117 Å². The van der Waals surface area contributed by atoms with E-state index in [4.69, 9.17) is 0 Å². The van der Waals surface area contributed by atoms with E-state index in [1.165, 1.54) is 13.0 Å². The number of nitrogens with one attached hydrogen (secondary N) is 1. The molecule has 0 bridgehead atoms. The summed E-state index contributed by atoms with van der Waals surface area (Å²) in [6.45, 7) is 3.34. The van der Waals surface area contributed by atoms with Crippen LogP contribution >= 0.6 is 11.9 Å². The molecule has 0 unspecified atom stereocenters. The van der Waals surface area contributed by atoms with E-state index in [-0.39, 0.29) is 17.5 Å². The highest BCUT2D eigenvalue weighted by Gasteiger charge is 2.07. The van der Waals surface area contributed by atoms with E-state index in [1.54, 1.807) is 12.1 Å². The van der Waals surface area contributed by atoms with Crippen LogP contribution in [0.3, 0.4) is 0 Å². The molecular formula is C14H18FNO2S. The Morgan fingerprint density at radius 2 is 2.05 bits per heavy atom. The fourth-order valence-electron chi connectivity index (χ4n) is 1.60. The fourth-order valence-corrected chi connectivity index (χ4v) is 2.14. The SMILES string of the molecule is CCCC(=O)CCc1ccc(SNC(C)=O)c(F)c1. The maximum Gasteiger partial charge on any atom is 0.226 e. The first-order chi connectivity index (χ1) is 9.02. The Bertz CT molecular complexity index is 463. The van der Waals surface area contributed by atoms with Crippen molar-refractivity contribution in [3.63, 3.8) is 0 Å². The average Bonchev–Trinajstić information content (AvgIpc) is 2.35. The summed E-state index contributed by atoms with van der Waals surface area (Å²) >= 11 is 0.955. The molecule has 0 aliphatic carbocycles. The van der Waals surface area contributed by atoms with E-state index in [0.29, 0.717) is 24.2 Å². The Balaban J connectivity index is 2.56. The van der Waals surface area contributed by atoms with Gasteiger partial charge in [0, 0.05) is 19.8 Å². The summed E-state index contributed by atoms with van der Waals surface area (Å²) in [5.41, 5.74) is 0.800. The van der Waals surface area contributed by atoms with Gasteiger partial charge in [0.1, 0.15) is 11.6 Å². The van der Waals surface area contributed by atoms with Gasteiger partial charge in [0.2, 0.25) is 5.91 Å². The van der Waals surface area contributed by atoms with Crippen LogP contribution in [0.2, 0.25) is 0 Å². The fraction of sp³-hybridized carbons (Fsp3) is 0.429. The number of halogens is 1. The molecule has 0 atom stereocenters. The number of rotatable bonds is 7. The molecule has 0 radical (unpaired) electrons. The van der Waals surface area contributed by atoms with Gasteiger partial charge in [-0.2, -0.15) is 0 Å². The number of hydrogen-bond donors (Lipinski definition) is 1. The normalized spacial score (nSPS) is 10.3. The van der Waals surface area contributed by atoms with Crippen molar-refractivity contribution in [3.8, 4) is 0 Å². The molecule has 0 spiro atoms. The molecule has 1 aromatic carbocycles. The number of hydrogen-bond acceptors (Lipinski definition) is 3. The maximum absolute atomic E-state index is 13.7. The predicted octanol–water partition coefficient (Wildman–Crippen LogP) is 3.27. The second-order valence-corrected chi connectivity index (χ2v) is 5.16. The van der Waals surface area contributed by atoms with Crippen molar-refractivity contribution in [2.24, 2.45) is 0 Å². The lowest BCUT2D eigenvalue weighted by atomic mass is 10.1. The van der Waals surface area contributed by atoms with Crippen LogP contribution < -0.4 is 4.72 Å². The molecule has 1 amide bonds. The van der Waals surface area contributed by atoms with Crippen LogP contribution in [0.25, 0.3) is 0 Å². The van der Waals surface area contributed by atoms with Crippen LogP contribution in [0, 0.1) is 5.82 Å². The Morgan fingerprint density at radius 3 is 2.63 bits per heavy atom. The van der Waals surface area contributed by atoms with Crippen LogP contribution in [-0.2, 0) is 16.0 Å². The highest BCUT2D eigenvalue weighted by atomic mass is 32.2. The van der Waals surface area contributed by atoms with Gasteiger partial charge in [0.15, 0.2) is 0 Å². The van der Waals surface area contributed by atoms with Crippen molar-refractivity contribution in [1.82, 2.24) is 4.72 Å². The van der Waals surface area contributed by atoms with Gasteiger partial charge in [-0.05, 0) is 42.5 Å². The van der Waals surface area contributed by atoms with Crippen LogP contribution in [0.1, 0.15) is 38.7 Å². The number of carbonyl (C=O) groups is 2. The summed E-state index contributed by atoms with van der Waals surface area (Å²) in [6, 6.07) is 4.82. The lowest BCUT2D eigenvalue weighted by molar-refractivity contribution is -0.119. The minimum Gasteiger partial charge on any atom is -0.300 e. The minimum absolute atomic E-state index is 0.208. The molecule has 0 aromatic heterocycles. The van der Waals surface area contributed by atoms with E-state index in [9.17, 15) is 14.0 Å². The third kappa shape index (κ3) is 5.87. The first-order valence-electron chi connectivity index (χ1n) is 6.26. The van der Waals surface area contributed by atoms with Gasteiger partial charge in [-0.25, -0.2) is 4.39 Å². The number of amides is 1. The molecule has 0 fully saturated rings. The third-order valence-electron chi connectivity index (χ3n) is 2.52. The molecule has 1 rings (SSSR count). The van der Waals surface area contributed by atoms with Crippen molar-refractivity contribution < 1.29 is 14.0 Å². The highest BCUT2D eigenvalue weighted by molar-refractivity contribution is 7.98. The zero-order valence-corrected chi connectivity index (χ0v) is 12.0. The van der Waals surface area contributed by atoms with Gasteiger partial charge in [-0.3, -0.25) is 14.3 Å². The molecule has 19 heavy (non-hydrogen) atoms. The molecule has 3 nitrogen and oxygen atoms in total. The Kier molecular flexibility index (Phi) is 6.56. The second kappa shape index (κ2) is 7.94. The first kappa shape index (κ1) is 15.7. The maximum atomic E-state index is 13.7. The molecule has 0 aliphatic heterocycles. The smallest absolute Gasteiger partial charge is 0.226 e. The van der Waals surface area contributed by atoms with Crippen LogP contribution in [0.4, 0.5) is 4.39 Å². The third-order valence-corrected chi connectivity index (χ3v) is 3.46. The second-order valence-electron chi connectivity index (χ2n) is 4.31. The largest absolute Gasteiger partial charge is 0.300 e. The molecule has 0 aliphatic rings. The van der Waals surface area contributed by atoms with Gasteiger partial charge in [0.25, 0.3) is 0 Å². The summed E-state index contributed by atoms with van der Waals surface area (Å²) < 4.78 is 16.2. The van der Waals surface area contributed by atoms with Gasteiger partial charge in [-0.1, -0.05) is 13.0 Å². The van der Waals surface area contributed by atoms with Crippen LogP contribution in [0.5, 0.6) is 0 Å². The molecule has 0 heterocycles. The van der Waals surface area contributed by atoms with E-state index in [1.807, 2.05) is 6.92 Å². The molecule has 1 N–H and O–H groups in total. The number of carbonyl (C=O) groups excluding carboxylic acids is 2. The van der Waals surface area contributed by atoms with E-state index < -0.39 is 0 Å². The lowest BCUT2D eigenvalue weighted by Crippen LogP contribution is -2.10. The lowest BCUT2D eigenvalue weighted by Gasteiger charge is -2.06. The number of Topliss-reactive ketones (excluding diaryl/α,β-unsaturated/α-hetero) is 1. The molecule has 0 saturated heterocycles. The molecule has 104 valence electrons. The first-order valence-corrected chi connectivity index (χ1v) is 7.08. The van der Waals surface area contributed by atoms with Crippen molar-refractivity contribution in [1.29, 1.82) is 0 Å². The van der Waals surface area contributed by atoms with Crippen molar-refractivity contribution in [2.75, 3.05) is 0 Å². The molecule has 5 heteroatoms. The Morgan fingerprint density at radius 1 is 1.32 bits per heavy atom. The molecular weight excluding hydrogens is 265 g/mol. The van der Waals surface area contributed by atoms with Crippen LogP contribution in [0.15, 0.2) is 23.1 Å². The van der Waals surface area contributed by atoms with Gasteiger partial charge < -0.3 is 0 Å². The number of ketones is 1. The standard InChI is InChI=1S/C14H18FNO2S/c1-3-4-12(18)7-5-11-6-8-14(13(15)9-11)19-16-10(2)17/h6,8-9H,3-5,7H2,1-2H3,(H,16,17). The van der Waals surface area contributed by atoms with E-state index in [0.717, 1.165) is 23.9 Å². The van der Waals surface area contributed by atoms with Crippen LogP contribution in [-0.4, -0.2) is 11.7 Å². The van der Waals surface area contributed by atoms with Crippen molar-refractivity contribution >= 4 is 23.6 Å². The Hall–Kier alpha value is -1.36.